The molecule has 1 aliphatic rings. The van der Waals surface area contributed by atoms with E-state index < -0.39 is 21.7 Å². The minimum Gasteiger partial charge on any atom is -0.267 e. The molecule has 3 rings (SSSR count). The average molecular weight is 438 g/mol. The minimum atomic E-state index is -0.544. The smallest absolute Gasteiger partial charge is 0.267 e. The predicted octanol–water partition coefficient (Wildman–Crippen LogP) is 2.95. The van der Waals surface area contributed by atoms with Crippen LogP contribution in [0.5, 0.6) is 0 Å². The number of nitro benzene ring substituents is 2. The number of nitro groups is 2. The van der Waals surface area contributed by atoms with Crippen LogP contribution in [0.4, 0.5) is 11.4 Å². The van der Waals surface area contributed by atoms with E-state index in [1.807, 2.05) is 0 Å². The van der Waals surface area contributed by atoms with Crippen LogP contribution in [0.1, 0.15) is 46.4 Å². The van der Waals surface area contributed by atoms with Crippen LogP contribution in [0.25, 0.3) is 0 Å². The summed E-state index contributed by atoms with van der Waals surface area (Å²) in [6.45, 7) is 0. The lowest BCUT2D eigenvalue weighted by atomic mass is 9.97. The van der Waals surface area contributed by atoms with Gasteiger partial charge in [0, 0.05) is 46.8 Å². The molecule has 2 aromatic carbocycles. The number of amides is 2. The molecule has 12 nitrogen and oxygen atoms in total. The van der Waals surface area contributed by atoms with Crippen molar-refractivity contribution >= 4 is 34.6 Å². The zero-order chi connectivity index (χ0) is 23.1. The van der Waals surface area contributed by atoms with Gasteiger partial charge in [-0.25, -0.2) is 10.9 Å². The Morgan fingerprint density at radius 2 is 0.969 bits per heavy atom. The molecule has 32 heavy (non-hydrogen) atoms. The monoisotopic (exact) mass is 438 g/mol. The molecule has 0 heterocycles. The zero-order valence-electron chi connectivity index (χ0n) is 16.7. The van der Waals surface area contributed by atoms with Gasteiger partial charge in [0.1, 0.15) is 0 Å². The molecule has 0 saturated heterocycles. The molecule has 2 amide bonds. The van der Waals surface area contributed by atoms with Gasteiger partial charge in [-0.2, -0.15) is 10.2 Å². The van der Waals surface area contributed by atoms with E-state index in [1.54, 1.807) is 0 Å². The number of benzene rings is 2. The number of hydrogen-bond donors (Lipinski definition) is 2. The molecule has 0 atom stereocenters. The molecule has 0 bridgehead atoms. The Labute approximate surface area is 181 Å². The van der Waals surface area contributed by atoms with E-state index in [4.69, 9.17) is 0 Å². The maximum atomic E-state index is 12.1. The highest BCUT2D eigenvalue weighted by Gasteiger charge is 2.15. The summed E-state index contributed by atoms with van der Waals surface area (Å²) in [5.74, 6) is -0.940. The first-order valence-corrected chi connectivity index (χ1v) is 9.54. The van der Waals surface area contributed by atoms with Crippen LogP contribution < -0.4 is 10.9 Å². The molecule has 1 fully saturated rings. The molecule has 12 heteroatoms. The molecule has 0 aliphatic heterocycles. The fourth-order valence-corrected chi connectivity index (χ4v) is 2.91. The number of hydrogen-bond acceptors (Lipinski definition) is 8. The van der Waals surface area contributed by atoms with Crippen molar-refractivity contribution in [2.45, 2.75) is 25.7 Å². The van der Waals surface area contributed by atoms with Gasteiger partial charge in [-0.3, -0.25) is 29.8 Å². The van der Waals surface area contributed by atoms with Crippen LogP contribution in [0, 0.1) is 20.2 Å². The van der Waals surface area contributed by atoms with E-state index in [0.29, 0.717) is 25.7 Å². The Morgan fingerprint density at radius 1 is 0.656 bits per heavy atom. The van der Waals surface area contributed by atoms with Crippen molar-refractivity contribution in [3.63, 3.8) is 0 Å². The summed E-state index contributed by atoms with van der Waals surface area (Å²) >= 11 is 0. The Kier molecular flexibility index (Phi) is 6.95. The first-order valence-electron chi connectivity index (χ1n) is 9.54. The average Bonchev–Trinajstić information content (AvgIpc) is 2.81. The van der Waals surface area contributed by atoms with E-state index in [9.17, 15) is 29.8 Å². The number of non-ortho nitro benzene ring substituents is 2. The summed E-state index contributed by atoms with van der Waals surface area (Å²) in [5, 5.41) is 29.5. The number of hydrazone groups is 2. The summed E-state index contributed by atoms with van der Waals surface area (Å²) < 4.78 is 0. The minimum absolute atomic E-state index is 0.104. The van der Waals surface area contributed by atoms with Gasteiger partial charge in [-0.15, -0.1) is 0 Å². The van der Waals surface area contributed by atoms with Crippen molar-refractivity contribution < 1.29 is 19.4 Å². The van der Waals surface area contributed by atoms with Crippen molar-refractivity contribution in [3.8, 4) is 0 Å². The molecular formula is C20H18N6O6. The number of nitrogens with zero attached hydrogens (tertiary/aromatic N) is 4. The molecule has 0 unspecified atom stereocenters. The lowest BCUT2D eigenvalue weighted by Gasteiger charge is -2.15. The largest absolute Gasteiger partial charge is 0.271 e. The zero-order valence-corrected chi connectivity index (χ0v) is 16.7. The Morgan fingerprint density at radius 3 is 1.25 bits per heavy atom. The van der Waals surface area contributed by atoms with E-state index in [-0.39, 0.29) is 22.5 Å². The van der Waals surface area contributed by atoms with E-state index >= 15 is 0 Å². The van der Waals surface area contributed by atoms with Crippen LogP contribution in [-0.4, -0.2) is 33.1 Å². The SMILES string of the molecule is O=C(NN=C1CCC(=NNC(=O)c2ccc([N+](=O)[O-])cc2)CC1)c1ccc([N+](=O)[O-])cc1. The molecular weight excluding hydrogens is 420 g/mol. The van der Waals surface area contributed by atoms with Crippen molar-refractivity contribution in [2.24, 2.45) is 10.2 Å². The second-order valence-corrected chi connectivity index (χ2v) is 6.85. The number of rotatable bonds is 6. The molecule has 164 valence electrons. The summed E-state index contributed by atoms with van der Waals surface area (Å²) in [4.78, 5) is 44.4. The Bertz CT molecular complexity index is 1010. The lowest BCUT2D eigenvalue weighted by Crippen LogP contribution is -2.24. The van der Waals surface area contributed by atoms with Crippen LogP contribution in [0.15, 0.2) is 58.7 Å². The van der Waals surface area contributed by atoms with E-state index in [0.717, 1.165) is 11.4 Å². The molecule has 2 aromatic rings. The topological polar surface area (TPSA) is 169 Å². The molecule has 1 aliphatic carbocycles. The normalized spacial score (nSPS) is 13.1. The van der Waals surface area contributed by atoms with Crippen molar-refractivity contribution in [3.05, 3.63) is 79.9 Å². The second-order valence-electron chi connectivity index (χ2n) is 6.85. The highest BCUT2D eigenvalue weighted by molar-refractivity contribution is 6.01. The van der Waals surface area contributed by atoms with Gasteiger partial charge in [0.25, 0.3) is 23.2 Å². The van der Waals surface area contributed by atoms with Crippen molar-refractivity contribution in [1.29, 1.82) is 0 Å². The summed E-state index contributed by atoms with van der Waals surface area (Å²) in [6, 6.07) is 10.4. The third kappa shape index (κ3) is 5.78. The molecule has 2 N–H and O–H groups in total. The fourth-order valence-electron chi connectivity index (χ4n) is 2.91. The van der Waals surface area contributed by atoms with Gasteiger partial charge in [0.15, 0.2) is 0 Å². The standard InChI is InChI=1S/C20H18N6O6/c27-19(13-1-9-17(10-2-13)25(29)30)23-21-15-5-7-16(8-6-15)22-24-20(28)14-3-11-18(12-4-14)26(31)32/h1-4,9-12H,5-8H2,(H,23,27)(H,24,28). The number of carbonyl (C=O) groups is 2. The summed E-state index contributed by atoms with van der Waals surface area (Å²) in [5.41, 5.74) is 6.71. The van der Waals surface area contributed by atoms with E-state index in [2.05, 4.69) is 21.1 Å². The lowest BCUT2D eigenvalue weighted by molar-refractivity contribution is -0.385. The highest BCUT2D eigenvalue weighted by atomic mass is 16.6. The Balaban J connectivity index is 1.48. The van der Waals surface area contributed by atoms with Gasteiger partial charge in [-0.05, 0) is 49.9 Å². The Hall–Kier alpha value is -4.48. The van der Waals surface area contributed by atoms with Gasteiger partial charge in [0.2, 0.25) is 0 Å². The van der Waals surface area contributed by atoms with Crippen LogP contribution in [-0.2, 0) is 0 Å². The molecule has 1 saturated carbocycles. The van der Waals surface area contributed by atoms with Gasteiger partial charge in [0.05, 0.1) is 9.85 Å². The number of nitrogens with one attached hydrogen (secondary N) is 2. The van der Waals surface area contributed by atoms with Gasteiger partial charge < -0.3 is 0 Å². The molecule has 0 radical (unpaired) electrons. The predicted molar refractivity (Wildman–Crippen MR) is 114 cm³/mol. The van der Waals surface area contributed by atoms with Gasteiger partial charge in [-0.1, -0.05) is 0 Å². The maximum Gasteiger partial charge on any atom is 0.271 e. The first-order chi connectivity index (χ1) is 15.3. The highest BCUT2D eigenvalue weighted by Crippen LogP contribution is 2.15. The van der Waals surface area contributed by atoms with Crippen LogP contribution in [0.2, 0.25) is 0 Å². The fraction of sp³-hybridized carbons (Fsp3) is 0.200. The van der Waals surface area contributed by atoms with Gasteiger partial charge >= 0.3 is 0 Å². The maximum absolute atomic E-state index is 12.1. The summed E-state index contributed by atoms with van der Waals surface area (Å²) in [7, 11) is 0. The van der Waals surface area contributed by atoms with Crippen molar-refractivity contribution in [1.82, 2.24) is 10.9 Å². The van der Waals surface area contributed by atoms with E-state index in [1.165, 1.54) is 48.5 Å². The third-order valence-electron chi connectivity index (χ3n) is 4.72. The van der Waals surface area contributed by atoms with Crippen LogP contribution in [0.3, 0.4) is 0 Å². The molecule has 0 spiro atoms. The quantitative estimate of drug-likeness (QED) is 0.519. The van der Waals surface area contributed by atoms with Crippen molar-refractivity contribution in [2.75, 3.05) is 0 Å². The second kappa shape index (κ2) is 10.0. The number of carbonyl (C=O) groups excluding carboxylic acids is 2. The third-order valence-corrected chi connectivity index (χ3v) is 4.72. The van der Waals surface area contributed by atoms with Crippen LogP contribution >= 0.6 is 0 Å². The molecule has 0 aromatic heterocycles. The first kappa shape index (κ1) is 22.2. The summed E-state index contributed by atoms with van der Waals surface area (Å²) in [6.07, 6.45) is 2.19.